The molecule has 0 radical (unpaired) electrons. The summed E-state index contributed by atoms with van der Waals surface area (Å²) >= 11 is 0. The van der Waals surface area contributed by atoms with Gasteiger partial charge in [-0.3, -0.25) is 4.90 Å². The summed E-state index contributed by atoms with van der Waals surface area (Å²) in [6.45, 7) is 4.32. The van der Waals surface area contributed by atoms with Crippen LogP contribution in [0.4, 0.5) is 4.39 Å². The van der Waals surface area contributed by atoms with Crippen molar-refractivity contribution in [3.8, 4) is 0 Å². The van der Waals surface area contributed by atoms with Gasteiger partial charge in [-0.25, -0.2) is 4.39 Å². The predicted molar refractivity (Wildman–Crippen MR) is 73.0 cm³/mol. The molecule has 1 aliphatic rings. The van der Waals surface area contributed by atoms with Crippen molar-refractivity contribution in [2.75, 3.05) is 13.6 Å². The first-order chi connectivity index (χ1) is 8.70. The molecule has 0 bridgehead atoms. The summed E-state index contributed by atoms with van der Waals surface area (Å²) in [7, 11) is 2.02. The Kier molecular flexibility index (Phi) is 4.72. The zero-order chi connectivity index (χ0) is 13.0. The van der Waals surface area contributed by atoms with E-state index in [0.29, 0.717) is 12.1 Å². The normalized spacial score (nSPS) is 22.9. The molecule has 2 rings (SSSR count). The fourth-order valence-electron chi connectivity index (χ4n) is 2.80. The lowest BCUT2D eigenvalue weighted by atomic mass is 9.96. The van der Waals surface area contributed by atoms with Crippen LogP contribution in [0, 0.1) is 5.82 Å². The highest BCUT2D eigenvalue weighted by Crippen LogP contribution is 2.22. The maximum absolute atomic E-state index is 12.9. The fraction of sp³-hybridized carbons (Fsp3) is 0.600. The Bertz CT molecular complexity index is 363. The molecule has 0 aromatic heterocycles. The maximum atomic E-state index is 12.9. The zero-order valence-electron chi connectivity index (χ0n) is 11.3. The number of benzene rings is 1. The van der Waals surface area contributed by atoms with Crippen LogP contribution in [0.15, 0.2) is 24.3 Å². The van der Waals surface area contributed by atoms with Gasteiger partial charge in [0.2, 0.25) is 0 Å². The number of hydrogen-bond donors (Lipinski definition) is 1. The molecule has 1 saturated heterocycles. The van der Waals surface area contributed by atoms with Gasteiger partial charge in [-0.2, -0.15) is 0 Å². The van der Waals surface area contributed by atoms with Gasteiger partial charge < -0.3 is 5.32 Å². The summed E-state index contributed by atoms with van der Waals surface area (Å²) in [5.74, 6) is -0.155. The number of nitrogens with one attached hydrogen (secondary N) is 1. The minimum atomic E-state index is -0.155. The summed E-state index contributed by atoms with van der Waals surface area (Å²) in [4.78, 5) is 2.53. The molecule has 1 aliphatic heterocycles. The quantitative estimate of drug-likeness (QED) is 0.884. The van der Waals surface area contributed by atoms with Crippen molar-refractivity contribution in [3.63, 3.8) is 0 Å². The first kappa shape index (κ1) is 13.5. The number of rotatable bonds is 4. The molecule has 2 atom stereocenters. The van der Waals surface area contributed by atoms with E-state index in [1.54, 1.807) is 12.1 Å². The number of likely N-dealkylation sites (N-methyl/N-ethyl adjacent to an activating group) is 1. The second-order valence-corrected chi connectivity index (χ2v) is 5.24. The Morgan fingerprint density at radius 3 is 2.72 bits per heavy atom. The molecule has 1 heterocycles. The molecule has 3 heteroatoms. The lowest BCUT2D eigenvalue weighted by Gasteiger charge is -2.39. The van der Waals surface area contributed by atoms with E-state index in [-0.39, 0.29) is 5.82 Å². The smallest absolute Gasteiger partial charge is 0.123 e. The van der Waals surface area contributed by atoms with E-state index in [9.17, 15) is 4.39 Å². The number of likely N-dealkylation sites (tertiary alicyclic amines) is 1. The van der Waals surface area contributed by atoms with Crippen LogP contribution in [0.3, 0.4) is 0 Å². The number of hydrogen-bond acceptors (Lipinski definition) is 2. The van der Waals surface area contributed by atoms with Crippen LogP contribution in [0.1, 0.15) is 31.7 Å². The van der Waals surface area contributed by atoms with Gasteiger partial charge in [0.25, 0.3) is 0 Å². The molecule has 1 aromatic rings. The van der Waals surface area contributed by atoms with Crippen molar-refractivity contribution < 1.29 is 4.39 Å². The van der Waals surface area contributed by atoms with E-state index in [1.165, 1.54) is 24.8 Å². The van der Waals surface area contributed by atoms with Crippen molar-refractivity contribution in [2.45, 2.75) is 44.8 Å². The van der Waals surface area contributed by atoms with Crippen LogP contribution < -0.4 is 5.32 Å². The van der Waals surface area contributed by atoms with Gasteiger partial charge >= 0.3 is 0 Å². The predicted octanol–water partition coefficient (Wildman–Crippen LogP) is 2.79. The first-order valence-corrected chi connectivity index (χ1v) is 6.86. The van der Waals surface area contributed by atoms with Crippen LogP contribution in [-0.2, 0) is 6.54 Å². The third kappa shape index (κ3) is 3.30. The summed E-state index contributed by atoms with van der Waals surface area (Å²) in [5, 5.41) is 3.36. The van der Waals surface area contributed by atoms with Crippen molar-refractivity contribution in [1.29, 1.82) is 0 Å². The van der Waals surface area contributed by atoms with E-state index >= 15 is 0 Å². The van der Waals surface area contributed by atoms with E-state index in [1.807, 2.05) is 19.2 Å². The lowest BCUT2D eigenvalue weighted by Crippen LogP contribution is -2.49. The summed E-state index contributed by atoms with van der Waals surface area (Å²) in [6.07, 6.45) is 3.84. The van der Waals surface area contributed by atoms with Gasteiger partial charge in [-0.05, 0) is 51.1 Å². The number of halogens is 1. The fourth-order valence-corrected chi connectivity index (χ4v) is 2.80. The lowest BCUT2D eigenvalue weighted by molar-refractivity contribution is 0.114. The van der Waals surface area contributed by atoms with Gasteiger partial charge in [-0.15, -0.1) is 0 Å². The van der Waals surface area contributed by atoms with Crippen LogP contribution in [0.25, 0.3) is 0 Å². The highest BCUT2D eigenvalue weighted by atomic mass is 19.1. The molecule has 2 nitrogen and oxygen atoms in total. The molecule has 1 fully saturated rings. The standard InChI is InChI=1S/C15H23FN2/c1-12(17-2)15-5-3-4-10-18(15)11-13-6-8-14(16)9-7-13/h6-9,12,15,17H,3-5,10-11H2,1-2H3. The Balaban J connectivity index is 2.03. The first-order valence-electron chi connectivity index (χ1n) is 6.86. The number of nitrogens with zero attached hydrogens (tertiary/aromatic N) is 1. The average Bonchev–Trinajstić information content (AvgIpc) is 2.41. The molecule has 0 spiro atoms. The second kappa shape index (κ2) is 6.30. The van der Waals surface area contributed by atoms with E-state index in [0.717, 1.165) is 13.1 Å². The minimum Gasteiger partial charge on any atom is -0.316 e. The summed E-state index contributed by atoms with van der Waals surface area (Å²) in [6, 6.07) is 7.99. The van der Waals surface area contributed by atoms with E-state index in [2.05, 4.69) is 17.1 Å². The van der Waals surface area contributed by atoms with Crippen molar-refractivity contribution in [2.24, 2.45) is 0 Å². The molecule has 1 aromatic carbocycles. The monoisotopic (exact) mass is 250 g/mol. The molecule has 2 unspecified atom stereocenters. The molecule has 0 aliphatic carbocycles. The Morgan fingerprint density at radius 2 is 2.06 bits per heavy atom. The number of piperidine rings is 1. The van der Waals surface area contributed by atoms with Crippen LogP contribution in [0.2, 0.25) is 0 Å². The maximum Gasteiger partial charge on any atom is 0.123 e. The second-order valence-electron chi connectivity index (χ2n) is 5.24. The topological polar surface area (TPSA) is 15.3 Å². The van der Waals surface area contributed by atoms with E-state index < -0.39 is 0 Å². The van der Waals surface area contributed by atoms with Crippen molar-refractivity contribution in [3.05, 3.63) is 35.6 Å². The summed E-state index contributed by atoms with van der Waals surface area (Å²) < 4.78 is 12.9. The highest BCUT2D eigenvalue weighted by Gasteiger charge is 2.26. The molecular formula is C15H23FN2. The van der Waals surface area contributed by atoms with Crippen LogP contribution in [0.5, 0.6) is 0 Å². The summed E-state index contributed by atoms with van der Waals surface area (Å²) in [5.41, 5.74) is 1.20. The average molecular weight is 250 g/mol. The molecule has 18 heavy (non-hydrogen) atoms. The highest BCUT2D eigenvalue weighted by molar-refractivity contribution is 5.16. The van der Waals surface area contributed by atoms with Gasteiger partial charge in [0.05, 0.1) is 0 Å². The Morgan fingerprint density at radius 1 is 1.33 bits per heavy atom. The van der Waals surface area contributed by atoms with Crippen molar-refractivity contribution in [1.82, 2.24) is 10.2 Å². The van der Waals surface area contributed by atoms with Gasteiger partial charge in [0.1, 0.15) is 5.82 Å². The largest absolute Gasteiger partial charge is 0.316 e. The van der Waals surface area contributed by atoms with Gasteiger partial charge in [0, 0.05) is 18.6 Å². The van der Waals surface area contributed by atoms with Crippen LogP contribution >= 0.6 is 0 Å². The van der Waals surface area contributed by atoms with Crippen molar-refractivity contribution >= 4 is 0 Å². The molecule has 100 valence electrons. The van der Waals surface area contributed by atoms with Crippen LogP contribution in [-0.4, -0.2) is 30.6 Å². The Hall–Kier alpha value is -0.930. The molecule has 0 saturated carbocycles. The third-order valence-electron chi connectivity index (χ3n) is 4.00. The zero-order valence-corrected chi connectivity index (χ0v) is 11.3. The minimum absolute atomic E-state index is 0.155. The van der Waals surface area contributed by atoms with Gasteiger partial charge in [0.15, 0.2) is 0 Å². The van der Waals surface area contributed by atoms with Gasteiger partial charge in [-0.1, -0.05) is 18.6 Å². The molecular weight excluding hydrogens is 227 g/mol. The Labute approximate surface area is 109 Å². The van der Waals surface area contributed by atoms with E-state index in [4.69, 9.17) is 0 Å². The third-order valence-corrected chi connectivity index (χ3v) is 4.00. The SMILES string of the molecule is CNC(C)C1CCCCN1Cc1ccc(F)cc1. The molecule has 0 amide bonds. The molecule has 1 N–H and O–H groups in total.